The van der Waals surface area contributed by atoms with Crippen LogP contribution in [0.25, 0.3) is 17.0 Å². The number of aromatic nitrogens is 2. The highest BCUT2D eigenvalue weighted by Crippen LogP contribution is 2.30. The average Bonchev–Trinajstić information content (AvgIpc) is 3.45. The van der Waals surface area contributed by atoms with E-state index in [1.807, 2.05) is 66.7 Å². The third-order valence-electron chi connectivity index (χ3n) is 6.94. The number of esters is 1. The Morgan fingerprint density at radius 1 is 1.00 bits per heavy atom. The minimum absolute atomic E-state index is 0.182. The van der Waals surface area contributed by atoms with Crippen molar-refractivity contribution in [3.8, 4) is 0 Å². The Morgan fingerprint density at radius 2 is 1.69 bits per heavy atom. The molecule has 0 saturated carbocycles. The number of hydrogen-bond acceptors (Lipinski definition) is 5. The number of nitrogens with zero attached hydrogens (tertiary/aromatic N) is 3. The summed E-state index contributed by atoms with van der Waals surface area (Å²) in [6, 6.07) is 29.6. The van der Waals surface area contributed by atoms with Crippen LogP contribution < -0.4 is 14.9 Å². The number of thiazole rings is 1. The minimum atomic E-state index is -0.612. The molecular weight excluding hydrogens is 506 g/mol. The van der Waals surface area contributed by atoms with Gasteiger partial charge < -0.3 is 9.30 Å². The van der Waals surface area contributed by atoms with Gasteiger partial charge in [0.1, 0.15) is 0 Å². The van der Waals surface area contributed by atoms with Gasteiger partial charge in [0.25, 0.3) is 5.56 Å². The monoisotopic (exact) mass is 533 g/mol. The number of ether oxygens (including phenoxy) is 1. The molecule has 6 nitrogen and oxygen atoms in total. The third kappa shape index (κ3) is 4.55. The van der Waals surface area contributed by atoms with E-state index >= 15 is 0 Å². The molecule has 0 saturated heterocycles. The molecule has 0 amide bonds. The topological polar surface area (TPSA) is 65.6 Å². The van der Waals surface area contributed by atoms with Crippen molar-refractivity contribution in [3.05, 3.63) is 139 Å². The van der Waals surface area contributed by atoms with Crippen molar-refractivity contribution in [1.29, 1.82) is 0 Å². The molecule has 0 unspecified atom stereocenters. The molecule has 1 atom stereocenters. The SMILES string of the molecule is CCOC(=O)C1=C(C)N=c2s/c(=C/c3cc4ccccc4n3Cc3ccccc3)c(=O)n2[C@H]1c1ccccc1. The average molecular weight is 534 g/mol. The number of carbonyl (C=O) groups is 1. The number of carbonyl (C=O) groups excluding carboxylic acids is 1. The van der Waals surface area contributed by atoms with Gasteiger partial charge in [0.2, 0.25) is 0 Å². The fraction of sp³-hybridized carbons (Fsp3) is 0.156. The second kappa shape index (κ2) is 10.3. The molecule has 194 valence electrons. The Hall–Kier alpha value is -4.49. The zero-order valence-corrected chi connectivity index (χ0v) is 22.5. The molecule has 7 heteroatoms. The number of benzene rings is 3. The molecule has 3 heterocycles. The first kappa shape index (κ1) is 24.8. The Morgan fingerprint density at radius 3 is 2.44 bits per heavy atom. The van der Waals surface area contributed by atoms with Crippen molar-refractivity contribution in [2.24, 2.45) is 4.99 Å². The maximum absolute atomic E-state index is 14.0. The zero-order valence-electron chi connectivity index (χ0n) is 21.7. The Bertz CT molecular complexity index is 1900. The van der Waals surface area contributed by atoms with Gasteiger partial charge in [0.15, 0.2) is 4.80 Å². The number of fused-ring (bicyclic) bond motifs is 2. The molecule has 2 aromatic heterocycles. The summed E-state index contributed by atoms with van der Waals surface area (Å²) in [5.74, 6) is -0.454. The van der Waals surface area contributed by atoms with E-state index in [0.29, 0.717) is 27.1 Å². The van der Waals surface area contributed by atoms with Crippen molar-refractivity contribution in [2.75, 3.05) is 6.61 Å². The summed E-state index contributed by atoms with van der Waals surface area (Å²) in [5.41, 5.74) is 4.81. The molecular formula is C32H27N3O3S. The van der Waals surface area contributed by atoms with Gasteiger partial charge in [0.05, 0.1) is 28.5 Å². The first-order valence-corrected chi connectivity index (χ1v) is 13.7. The minimum Gasteiger partial charge on any atom is -0.463 e. The van der Waals surface area contributed by atoms with Crippen LogP contribution in [0.5, 0.6) is 0 Å². The van der Waals surface area contributed by atoms with Crippen molar-refractivity contribution in [2.45, 2.75) is 26.4 Å². The first-order chi connectivity index (χ1) is 19.0. The second-order valence-corrected chi connectivity index (χ2v) is 10.4. The van der Waals surface area contributed by atoms with Gasteiger partial charge in [-0.15, -0.1) is 0 Å². The molecule has 39 heavy (non-hydrogen) atoms. The van der Waals surface area contributed by atoms with E-state index in [4.69, 9.17) is 9.73 Å². The summed E-state index contributed by atoms with van der Waals surface area (Å²) >= 11 is 1.34. The highest BCUT2D eigenvalue weighted by atomic mass is 32.1. The van der Waals surface area contributed by atoms with E-state index < -0.39 is 12.0 Å². The van der Waals surface area contributed by atoms with Gasteiger partial charge in [-0.1, -0.05) is 90.2 Å². The molecule has 3 aromatic carbocycles. The van der Waals surface area contributed by atoms with Gasteiger partial charge in [-0.3, -0.25) is 9.36 Å². The van der Waals surface area contributed by atoms with E-state index in [2.05, 4.69) is 34.9 Å². The number of para-hydroxylation sites is 1. The number of hydrogen-bond donors (Lipinski definition) is 0. The van der Waals surface area contributed by atoms with Crippen LogP contribution in [-0.2, 0) is 16.1 Å². The zero-order chi connectivity index (χ0) is 26.9. The lowest BCUT2D eigenvalue weighted by molar-refractivity contribution is -0.139. The first-order valence-electron chi connectivity index (χ1n) is 12.9. The van der Waals surface area contributed by atoms with E-state index in [9.17, 15) is 9.59 Å². The predicted octanol–water partition coefficient (Wildman–Crippen LogP) is 4.80. The molecule has 0 N–H and O–H groups in total. The molecule has 0 radical (unpaired) electrons. The predicted molar refractivity (Wildman–Crippen MR) is 154 cm³/mol. The maximum Gasteiger partial charge on any atom is 0.338 e. The van der Waals surface area contributed by atoms with Crippen LogP contribution in [0.2, 0.25) is 0 Å². The summed E-state index contributed by atoms with van der Waals surface area (Å²) in [5, 5.41) is 1.11. The van der Waals surface area contributed by atoms with Crippen molar-refractivity contribution in [1.82, 2.24) is 9.13 Å². The molecule has 1 aliphatic heterocycles. The van der Waals surface area contributed by atoms with E-state index in [0.717, 1.165) is 22.2 Å². The lowest BCUT2D eigenvalue weighted by Gasteiger charge is -2.24. The van der Waals surface area contributed by atoms with E-state index in [-0.39, 0.29) is 12.2 Å². The molecule has 0 bridgehead atoms. The highest BCUT2D eigenvalue weighted by Gasteiger charge is 2.33. The fourth-order valence-corrected chi connectivity index (χ4v) is 6.20. The quantitative estimate of drug-likeness (QED) is 0.295. The summed E-state index contributed by atoms with van der Waals surface area (Å²) < 4.78 is 9.81. The summed E-state index contributed by atoms with van der Waals surface area (Å²) in [7, 11) is 0. The largest absolute Gasteiger partial charge is 0.463 e. The lowest BCUT2D eigenvalue weighted by Crippen LogP contribution is -2.40. The molecule has 1 aliphatic rings. The lowest BCUT2D eigenvalue weighted by atomic mass is 9.96. The Kier molecular flexibility index (Phi) is 6.59. The second-order valence-electron chi connectivity index (χ2n) is 9.41. The van der Waals surface area contributed by atoms with Crippen LogP contribution >= 0.6 is 11.3 Å². The highest BCUT2D eigenvalue weighted by molar-refractivity contribution is 7.07. The van der Waals surface area contributed by atoms with Crippen molar-refractivity contribution >= 4 is 34.3 Å². The van der Waals surface area contributed by atoms with Gasteiger partial charge in [-0.25, -0.2) is 9.79 Å². The van der Waals surface area contributed by atoms with Gasteiger partial charge in [-0.05, 0) is 43.2 Å². The standard InChI is InChI=1S/C32H27N3O3S/c1-3-38-31(37)28-21(2)33-32-35(29(28)23-14-8-5-9-15-23)30(36)27(39-32)19-25-18-24-16-10-11-17-26(24)34(25)20-22-12-6-4-7-13-22/h4-19,29H,3,20H2,1-2H3/b27-19+/t29-/m0/s1. The van der Waals surface area contributed by atoms with Crippen LogP contribution in [0.15, 0.2) is 112 Å². The molecule has 0 spiro atoms. The summed E-state index contributed by atoms with van der Waals surface area (Å²) in [6.07, 6.45) is 1.94. The van der Waals surface area contributed by atoms with Crippen molar-refractivity contribution < 1.29 is 9.53 Å². The Balaban J connectivity index is 1.55. The van der Waals surface area contributed by atoms with Gasteiger partial charge in [-0.2, -0.15) is 0 Å². The van der Waals surface area contributed by atoms with Crippen LogP contribution in [0.1, 0.15) is 36.7 Å². The van der Waals surface area contributed by atoms with Crippen molar-refractivity contribution in [3.63, 3.8) is 0 Å². The summed E-state index contributed by atoms with van der Waals surface area (Å²) in [6.45, 7) is 4.50. The Labute approximate surface area is 229 Å². The number of rotatable bonds is 6. The number of allylic oxidation sites excluding steroid dienone is 1. The third-order valence-corrected chi connectivity index (χ3v) is 7.92. The van der Waals surface area contributed by atoms with Crippen LogP contribution in [0.3, 0.4) is 0 Å². The van der Waals surface area contributed by atoms with E-state index in [1.54, 1.807) is 18.4 Å². The van der Waals surface area contributed by atoms with E-state index in [1.165, 1.54) is 16.9 Å². The molecule has 6 rings (SSSR count). The van der Waals surface area contributed by atoms with Crippen LogP contribution in [-0.4, -0.2) is 21.7 Å². The molecule has 5 aromatic rings. The molecule has 0 aliphatic carbocycles. The fourth-order valence-electron chi connectivity index (χ4n) is 5.17. The van der Waals surface area contributed by atoms with Crippen LogP contribution in [0, 0.1) is 0 Å². The smallest absolute Gasteiger partial charge is 0.338 e. The van der Waals surface area contributed by atoms with Gasteiger partial charge >= 0.3 is 5.97 Å². The normalized spacial score (nSPS) is 15.3. The molecule has 0 fully saturated rings. The van der Waals surface area contributed by atoms with Gasteiger partial charge in [0, 0.05) is 23.1 Å². The van der Waals surface area contributed by atoms with Crippen LogP contribution in [0.4, 0.5) is 0 Å². The summed E-state index contributed by atoms with van der Waals surface area (Å²) in [4.78, 5) is 32.3. The maximum atomic E-state index is 14.0.